The standard InChI is InChI=1S/C10H8FIN2/c1-7-8(12)6-13-10(9(7)11)14-4-2-3-5-14/h2-6H,1H3. The highest BCUT2D eigenvalue weighted by molar-refractivity contribution is 14.1. The molecule has 4 heteroatoms. The Balaban J connectivity index is 2.61. The van der Waals surface area contributed by atoms with E-state index in [0.29, 0.717) is 11.4 Å². The third kappa shape index (κ3) is 1.54. The van der Waals surface area contributed by atoms with E-state index in [1.807, 2.05) is 12.1 Å². The lowest BCUT2D eigenvalue weighted by atomic mass is 10.3. The third-order valence-electron chi connectivity index (χ3n) is 2.03. The SMILES string of the molecule is Cc1c(I)cnc(-n2cccc2)c1F. The zero-order valence-electron chi connectivity index (χ0n) is 7.54. The Morgan fingerprint density at radius 2 is 2.00 bits per heavy atom. The van der Waals surface area contributed by atoms with Crippen molar-refractivity contribution >= 4 is 22.6 Å². The van der Waals surface area contributed by atoms with E-state index in [1.165, 1.54) is 0 Å². The number of nitrogens with zero attached hydrogens (tertiary/aromatic N) is 2. The Morgan fingerprint density at radius 3 is 2.64 bits per heavy atom. The molecule has 72 valence electrons. The van der Waals surface area contributed by atoms with Gasteiger partial charge < -0.3 is 4.57 Å². The first-order chi connectivity index (χ1) is 6.70. The van der Waals surface area contributed by atoms with E-state index in [-0.39, 0.29) is 5.82 Å². The fraction of sp³-hybridized carbons (Fsp3) is 0.100. The normalized spacial score (nSPS) is 10.5. The molecule has 2 aromatic heterocycles. The molecule has 0 aliphatic heterocycles. The van der Waals surface area contributed by atoms with Crippen molar-refractivity contribution in [3.8, 4) is 5.82 Å². The van der Waals surface area contributed by atoms with Crippen molar-refractivity contribution in [1.29, 1.82) is 0 Å². The molecule has 0 atom stereocenters. The van der Waals surface area contributed by atoms with Crippen LogP contribution in [-0.4, -0.2) is 9.55 Å². The van der Waals surface area contributed by atoms with Crippen molar-refractivity contribution in [3.05, 3.63) is 45.7 Å². The average molecular weight is 302 g/mol. The first kappa shape index (κ1) is 9.64. The van der Waals surface area contributed by atoms with E-state index in [2.05, 4.69) is 27.6 Å². The largest absolute Gasteiger partial charge is 0.306 e. The van der Waals surface area contributed by atoms with Gasteiger partial charge in [-0.3, -0.25) is 0 Å². The summed E-state index contributed by atoms with van der Waals surface area (Å²) in [5.74, 6) is 0.0982. The minimum atomic E-state index is -0.256. The molecule has 0 aliphatic carbocycles. The number of rotatable bonds is 1. The number of aromatic nitrogens is 2. The van der Waals surface area contributed by atoms with Crippen molar-refractivity contribution in [2.75, 3.05) is 0 Å². The predicted octanol–water partition coefficient (Wildman–Crippen LogP) is 2.92. The highest BCUT2D eigenvalue weighted by atomic mass is 127. The number of halogens is 2. The van der Waals surface area contributed by atoms with Crippen molar-refractivity contribution in [2.45, 2.75) is 6.92 Å². The topological polar surface area (TPSA) is 17.8 Å². The Labute approximate surface area is 94.9 Å². The van der Waals surface area contributed by atoms with Gasteiger partial charge in [0.25, 0.3) is 0 Å². The summed E-state index contributed by atoms with van der Waals surface area (Å²) in [6.45, 7) is 1.76. The molecular weight excluding hydrogens is 294 g/mol. The molecule has 0 spiro atoms. The van der Waals surface area contributed by atoms with Crippen LogP contribution >= 0.6 is 22.6 Å². The zero-order chi connectivity index (χ0) is 10.1. The van der Waals surface area contributed by atoms with Gasteiger partial charge in [-0.15, -0.1) is 0 Å². The van der Waals surface area contributed by atoms with Gasteiger partial charge in [-0.25, -0.2) is 9.37 Å². The molecule has 0 aliphatic rings. The van der Waals surface area contributed by atoms with Gasteiger partial charge in [0.05, 0.1) is 0 Å². The number of hydrogen-bond donors (Lipinski definition) is 0. The van der Waals surface area contributed by atoms with Gasteiger partial charge in [0, 0.05) is 27.7 Å². The van der Waals surface area contributed by atoms with Crippen LogP contribution < -0.4 is 0 Å². The molecule has 2 heterocycles. The van der Waals surface area contributed by atoms with Gasteiger partial charge >= 0.3 is 0 Å². The van der Waals surface area contributed by atoms with Crippen molar-refractivity contribution < 1.29 is 4.39 Å². The first-order valence-electron chi connectivity index (χ1n) is 4.14. The Bertz CT molecular complexity index is 451. The highest BCUT2D eigenvalue weighted by Gasteiger charge is 2.10. The molecule has 0 amide bonds. The molecule has 0 saturated heterocycles. The van der Waals surface area contributed by atoms with Crippen molar-refractivity contribution in [2.24, 2.45) is 0 Å². The van der Waals surface area contributed by atoms with Crippen LogP contribution in [0.3, 0.4) is 0 Å². The molecule has 0 bridgehead atoms. The van der Waals surface area contributed by atoms with Gasteiger partial charge in [0.1, 0.15) is 0 Å². The Morgan fingerprint density at radius 1 is 1.36 bits per heavy atom. The minimum absolute atomic E-state index is 0.256. The molecule has 2 nitrogen and oxygen atoms in total. The molecular formula is C10H8FIN2. The fourth-order valence-corrected chi connectivity index (χ4v) is 1.58. The van der Waals surface area contributed by atoms with E-state index < -0.39 is 0 Å². The fourth-order valence-electron chi connectivity index (χ4n) is 1.20. The van der Waals surface area contributed by atoms with Gasteiger partial charge in [0.2, 0.25) is 0 Å². The van der Waals surface area contributed by atoms with Crippen LogP contribution in [0.15, 0.2) is 30.7 Å². The van der Waals surface area contributed by atoms with Gasteiger partial charge in [-0.2, -0.15) is 0 Å². The van der Waals surface area contributed by atoms with Crippen LogP contribution in [0.4, 0.5) is 4.39 Å². The lowest BCUT2D eigenvalue weighted by Crippen LogP contribution is -2.01. The molecule has 0 unspecified atom stereocenters. The Hall–Kier alpha value is -0.910. The smallest absolute Gasteiger partial charge is 0.173 e. The van der Waals surface area contributed by atoms with Crippen LogP contribution in [0.1, 0.15) is 5.56 Å². The Kier molecular flexibility index (Phi) is 2.54. The second kappa shape index (κ2) is 3.68. The van der Waals surface area contributed by atoms with Gasteiger partial charge in [-0.05, 0) is 41.6 Å². The summed E-state index contributed by atoms with van der Waals surface area (Å²) < 4.78 is 16.2. The number of pyridine rings is 1. The average Bonchev–Trinajstić information content (AvgIpc) is 2.67. The third-order valence-corrected chi connectivity index (χ3v) is 3.12. The van der Waals surface area contributed by atoms with Crippen LogP contribution in [0.5, 0.6) is 0 Å². The summed E-state index contributed by atoms with van der Waals surface area (Å²) in [6.07, 6.45) is 5.23. The van der Waals surface area contributed by atoms with Crippen LogP contribution in [0.25, 0.3) is 5.82 Å². The molecule has 14 heavy (non-hydrogen) atoms. The summed E-state index contributed by atoms with van der Waals surface area (Å²) in [5.41, 5.74) is 0.643. The summed E-state index contributed by atoms with van der Waals surface area (Å²) in [6, 6.07) is 3.68. The maximum atomic E-state index is 13.7. The van der Waals surface area contributed by atoms with Gasteiger partial charge in [-0.1, -0.05) is 0 Å². The molecule has 2 aromatic rings. The van der Waals surface area contributed by atoms with Crippen LogP contribution in [0.2, 0.25) is 0 Å². The molecule has 0 saturated carbocycles. The highest BCUT2D eigenvalue weighted by Crippen LogP contribution is 2.18. The van der Waals surface area contributed by atoms with Crippen LogP contribution in [0, 0.1) is 16.3 Å². The minimum Gasteiger partial charge on any atom is -0.306 e. The lowest BCUT2D eigenvalue weighted by Gasteiger charge is -2.06. The van der Waals surface area contributed by atoms with E-state index in [9.17, 15) is 4.39 Å². The monoisotopic (exact) mass is 302 g/mol. The van der Waals surface area contributed by atoms with E-state index in [0.717, 1.165) is 3.57 Å². The first-order valence-corrected chi connectivity index (χ1v) is 5.22. The van der Waals surface area contributed by atoms with E-state index >= 15 is 0 Å². The second-order valence-electron chi connectivity index (χ2n) is 2.96. The summed E-state index contributed by atoms with van der Waals surface area (Å²) in [5, 5.41) is 0. The van der Waals surface area contributed by atoms with Crippen molar-refractivity contribution in [1.82, 2.24) is 9.55 Å². The second-order valence-corrected chi connectivity index (χ2v) is 4.12. The zero-order valence-corrected chi connectivity index (χ0v) is 9.69. The number of hydrogen-bond acceptors (Lipinski definition) is 1. The summed E-state index contributed by atoms with van der Waals surface area (Å²) in [7, 11) is 0. The summed E-state index contributed by atoms with van der Waals surface area (Å²) >= 11 is 2.07. The van der Waals surface area contributed by atoms with Crippen molar-refractivity contribution in [3.63, 3.8) is 0 Å². The van der Waals surface area contributed by atoms with E-state index in [1.54, 1.807) is 30.1 Å². The van der Waals surface area contributed by atoms with Gasteiger partial charge in [0.15, 0.2) is 11.6 Å². The maximum absolute atomic E-state index is 13.7. The lowest BCUT2D eigenvalue weighted by molar-refractivity contribution is 0.599. The maximum Gasteiger partial charge on any atom is 0.173 e. The quantitative estimate of drug-likeness (QED) is 0.741. The predicted molar refractivity (Wildman–Crippen MR) is 61.0 cm³/mol. The molecule has 0 radical (unpaired) electrons. The molecule has 0 aromatic carbocycles. The van der Waals surface area contributed by atoms with E-state index in [4.69, 9.17) is 0 Å². The molecule has 0 N–H and O–H groups in total. The van der Waals surface area contributed by atoms with Crippen LogP contribution in [-0.2, 0) is 0 Å². The molecule has 0 fully saturated rings. The molecule has 2 rings (SSSR count). The summed E-state index contributed by atoms with van der Waals surface area (Å²) in [4.78, 5) is 4.06.